The standard InChI is InChI=1S/C13H13ClN2O/c1-2-9-7-10(3-4-12(9)14)17-11-5-6-16-13(15)8-11/h3-8H,2H2,1H3,(H2,15,16). The van der Waals surface area contributed by atoms with Crippen LogP contribution in [0.25, 0.3) is 0 Å². The Labute approximate surface area is 105 Å². The molecule has 0 bridgehead atoms. The molecule has 1 aromatic heterocycles. The molecule has 0 saturated heterocycles. The highest BCUT2D eigenvalue weighted by Gasteiger charge is 2.02. The molecular weight excluding hydrogens is 236 g/mol. The number of aromatic nitrogens is 1. The van der Waals surface area contributed by atoms with Crippen molar-refractivity contribution in [1.82, 2.24) is 4.98 Å². The lowest BCUT2D eigenvalue weighted by Gasteiger charge is -2.08. The molecule has 0 fully saturated rings. The van der Waals surface area contributed by atoms with Crippen LogP contribution in [0.2, 0.25) is 5.02 Å². The predicted octanol–water partition coefficient (Wildman–Crippen LogP) is 3.67. The van der Waals surface area contributed by atoms with E-state index in [4.69, 9.17) is 22.1 Å². The van der Waals surface area contributed by atoms with Crippen LogP contribution in [-0.2, 0) is 6.42 Å². The summed E-state index contributed by atoms with van der Waals surface area (Å²) in [5.74, 6) is 1.85. The van der Waals surface area contributed by atoms with Crippen molar-refractivity contribution < 1.29 is 4.74 Å². The number of hydrogen-bond acceptors (Lipinski definition) is 3. The molecule has 0 unspecified atom stereocenters. The van der Waals surface area contributed by atoms with Crippen LogP contribution >= 0.6 is 11.6 Å². The molecule has 0 atom stereocenters. The first kappa shape index (κ1) is 11.7. The molecule has 1 heterocycles. The second kappa shape index (κ2) is 5.06. The molecule has 0 aliphatic carbocycles. The number of hydrogen-bond donors (Lipinski definition) is 1. The third-order valence-corrected chi connectivity index (χ3v) is 2.76. The molecule has 0 aliphatic rings. The van der Waals surface area contributed by atoms with Gasteiger partial charge in [-0.05, 0) is 36.2 Å². The third-order valence-electron chi connectivity index (χ3n) is 2.39. The van der Waals surface area contributed by atoms with Gasteiger partial charge in [-0.3, -0.25) is 0 Å². The maximum atomic E-state index is 6.04. The summed E-state index contributed by atoms with van der Waals surface area (Å²) in [5, 5.41) is 0.758. The highest BCUT2D eigenvalue weighted by molar-refractivity contribution is 6.31. The summed E-state index contributed by atoms with van der Waals surface area (Å²) in [4.78, 5) is 3.91. The second-order valence-corrected chi connectivity index (χ2v) is 4.03. The van der Waals surface area contributed by atoms with E-state index < -0.39 is 0 Å². The van der Waals surface area contributed by atoms with Crippen molar-refractivity contribution >= 4 is 17.4 Å². The summed E-state index contributed by atoms with van der Waals surface area (Å²) in [7, 11) is 0. The van der Waals surface area contributed by atoms with Crippen molar-refractivity contribution in [2.45, 2.75) is 13.3 Å². The summed E-state index contributed by atoms with van der Waals surface area (Å²) in [6.45, 7) is 2.05. The lowest BCUT2D eigenvalue weighted by Crippen LogP contribution is -1.91. The van der Waals surface area contributed by atoms with Gasteiger partial charge in [0.05, 0.1) is 0 Å². The molecule has 2 aromatic rings. The summed E-state index contributed by atoms with van der Waals surface area (Å²) >= 11 is 6.04. The molecular formula is C13H13ClN2O. The zero-order chi connectivity index (χ0) is 12.3. The number of benzene rings is 1. The van der Waals surface area contributed by atoms with E-state index in [1.165, 1.54) is 0 Å². The summed E-state index contributed by atoms with van der Waals surface area (Å²) < 4.78 is 5.68. The maximum Gasteiger partial charge on any atom is 0.132 e. The number of nitrogens with zero attached hydrogens (tertiary/aromatic N) is 1. The Morgan fingerprint density at radius 3 is 2.71 bits per heavy atom. The summed E-state index contributed by atoms with van der Waals surface area (Å²) in [6, 6.07) is 9.04. The van der Waals surface area contributed by atoms with Crippen molar-refractivity contribution in [2.75, 3.05) is 5.73 Å². The van der Waals surface area contributed by atoms with E-state index in [9.17, 15) is 0 Å². The predicted molar refractivity (Wildman–Crippen MR) is 69.6 cm³/mol. The van der Waals surface area contributed by atoms with Gasteiger partial charge in [0.1, 0.15) is 17.3 Å². The average molecular weight is 249 g/mol. The van der Waals surface area contributed by atoms with Gasteiger partial charge in [0.2, 0.25) is 0 Å². The van der Waals surface area contributed by atoms with E-state index in [0.29, 0.717) is 11.6 Å². The molecule has 2 rings (SSSR count). The number of rotatable bonds is 3. The Balaban J connectivity index is 2.24. The zero-order valence-corrected chi connectivity index (χ0v) is 10.2. The number of halogens is 1. The summed E-state index contributed by atoms with van der Waals surface area (Å²) in [6.07, 6.45) is 2.48. The molecule has 17 heavy (non-hydrogen) atoms. The molecule has 88 valence electrons. The number of anilines is 1. The SMILES string of the molecule is CCc1cc(Oc2ccnc(N)c2)ccc1Cl. The van der Waals surface area contributed by atoms with Crippen LogP contribution in [0, 0.1) is 0 Å². The molecule has 0 spiro atoms. The fourth-order valence-electron chi connectivity index (χ4n) is 1.51. The Kier molecular flexibility index (Phi) is 3.49. The lowest BCUT2D eigenvalue weighted by molar-refractivity contribution is 0.481. The normalized spacial score (nSPS) is 10.2. The van der Waals surface area contributed by atoms with E-state index >= 15 is 0 Å². The van der Waals surface area contributed by atoms with Crippen LogP contribution in [0.15, 0.2) is 36.5 Å². The van der Waals surface area contributed by atoms with Gasteiger partial charge >= 0.3 is 0 Å². The first-order valence-electron chi connectivity index (χ1n) is 5.37. The van der Waals surface area contributed by atoms with Crippen LogP contribution in [0.3, 0.4) is 0 Å². The van der Waals surface area contributed by atoms with Gasteiger partial charge < -0.3 is 10.5 Å². The first-order chi connectivity index (χ1) is 8.19. The Hall–Kier alpha value is -1.74. The highest BCUT2D eigenvalue weighted by atomic mass is 35.5. The van der Waals surface area contributed by atoms with E-state index in [1.807, 2.05) is 18.2 Å². The fraction of sp³-hybridized carbons (Fsp3) is 0.154. The topological polar surface area (TPSA) is 48.1 Å². The highest BCUT2D eigenvalue weighted by Crippen LogP contribution is 2.26. The molecule has 0 aliphatic heterocycles. The van der Waals surface area contributed by atoms with Crippen molar-refractivity contribution in [3.05, 3.63) is 47.1 Å². The minimum atomic E-state index is 0.437. The van der Waals surface area contributed by atoms with Gasteiger partial charge in [0.25, 0.3) is 0 Å². The van der Waals surface area contributed by atoms with Crippen molar-refractivity contribution in [2.24, 2.45) is 0 Å². The van der Waals surface area contributed by atoms with Crippen LogP contribution < -0.4 is 10.5 Å². The van der Waals surface area contributed by atoms with Crippen molar-refractivity contribution in [3.8, 4) is 11.5 Å². The molecule has 1 aromatic carbocycles. The van der Waals surface area contributed by atoms with Crippen LogP contribution in [0.4, 0.5) is 5.82 Å². The molecule has 4 heteroatoms. The number of nitrogens with two attached hydrogens (primary N) is 1. The van der Waals surface area contributed by atoms with E-state index in [2.05, 4.69) is 11.9 Å². The van der Waals surface area contributed by atoms with Crippen LogP contribution in [0.5, 0.6) is 11.5 Å². The zero-order valence-electron chi connectivity index (χ0n) is 9.48. The minimum Gasteiger partial charge on any atom is -0.457 e. The molecule has 0 radical (unpaired) electrons. The largest absolute Gasteiger partial charge is 0.457 e. The van der Waals surface area contributed by atoms with Crippen molar-refractivity contribution in [1.29, 1.82) is 0 Å². The second-order valence-electron chi connectivity index (χ2n) is 3.63. The van der Waals surface area contributed by atoms with Gasteiger partial charge in [-0.1, -0.05) is 18.5 Å². The van der Waals surface area contributed by atoms with Gasteiger partial charge in [-0.15, -0.1) is 0 Å². The Bertz CT molecular complexity index is 529. The van der Waals surface area contributed by atoms with E-state index in [-0.39, 0.29) is 0 Å². The maximum absolute atomic E-state index is 6.04. The summed E-state index contributed by atoms with van der Waals surface area (Å²) in [5.41, 5.74) is 6.64. The van der Waals surface area contributed by atoms with Crippen LogP contribution in [0.1, 0.15) is 12.5 Å². The Morgan fingerprint density at radius 2 is 2.00 bits per heavy atom. The minimum absolute atomic E-state index is 0.437. The number of pyridine rings is 1. The van der Waals surface area contributed by atoms with Crippen LogP contribution in [-0.4, -0.2) is 4.98 Å². The van der Waals surface area contributed by atoms with Gasteiger partial charge in [-0.25, -0.2) is 4.98 Å². The molecule has 0 saturated carbocycles. The van der Waals surface area contributed by atoms with Gasteiger partial charge in [-0.2, -0.15) is 0 Å². The third kappa shape index (κ3) is 2.88. The van der Waals surface area contributed by atoms with Crippen molar-refractivity contribution in [3.63, 3.8) is 0 Å². The van der Waals surface area contributed by atoms with Gasteiger partial charge in [0, 0.05) is 17.3 Å². The average Bonchev–Trinajstić information content (AvgIpc) is 2.32. The first-order valence-corrected chi connectivity index (χ1v) is 5.74. The number of nitrogen functional groups attached to an aromatic ring is 1. The quantitative estimate of drug-likeness (QED) is 0.902. The number of aryl methyl sites for hydroxylation is 1. The molecule has 3 nitrogen and oxygen atoms in total. The molecule has 2 N–H and O–H groups in total. The van der Waals surface area contributed by atoms with E-state index in [0.717, 1.165) is 22.8 Å². The fourth-order valence-corrected chi connectivity index (χ4v) is 1.76. The number of ether oxygens (including phenoxy) is 1. The molecule has 0 amide bonds. The smallest absolute Gasteiger partial charge is 0.132 e. The monoisotopic (exact) mass is 248 g/mol. The lowest BCUT2D eigenvalue weighted by atomic mass is 10.1. The van der Waals surface area contributed by atoms with E-state index in [1.54, 1.807) is 18.3 Å². The Morgan fingerprint density at radius 1 is 1.24 bits per heavy atom. The van der Waals surface area contributed by atoms with Gasteiger partial charge in [0.15, 0.2) is 0 Å².